The first-order chi connectivity index (χ1) is 8.73. The van der Waals surface area contributed by atoms with E-state index < -0.39 is 5.54 Å². The SMILES string of the molecule is C=C(C)C(=O)NN(C(=O)c1ccccc1)C(C)(C)C. The smallest absolute Gasteiger partial charge is 0.268 e. The molecule has 0 fully saturated rings. The minimum absolute atomic E-state index is 0.247. The van der Waals surface area contributed by atoms with Crippen molar-refractivity contribution in [2.24, 2.45) is 0 Å². The van der Waals surface area contributed by atoms with Gasteiger partial charge in [-0.15, -0.1) is 0 Å². The van der Waals surface area contributed by atoms with E-state index in [4.69, 9.17) is 0 Å². The summed E-state index contributed by atoms with van der Waals surface area (Å²) in [7, 11) is 0. The molecule has 1 aromatic rings. The summed E-state index contributed by atoms with van der Waals surface area (Å²) in [5.41, 5.74) is 2.95. The number of nitrogens with zero attached hydrogens (tertiary/aromatic N) is 1. The topological polar surface area (TPSA) is 49.4 Å². The number of benzene rings is 1. The Kier molecular flexibility index (Phi) is 4.48. The predicted molar refractivity (Wildman–Crippen MR) is 75.3 cm³/mol. The van der Waals surface area contributed by atoms with Crippen LogP contribution in [0.1, 0.15) is 38.1 Å². The lowest BCUT2D eigenvalue weighted by Gasteiger charge is -2.35. The molecule has 4 heteroatoms. The number of hydrazine groups is 1. The first-order valence-corrected chi connectivity index (χ1v) is 6.09. The summed E-state index contributed by atoms with van der Waals surface area (Å²) in [5.74, 6) is -0.609. The number of carbonyl (C=O) groups is 2. The summed E-state index contributed by atoms with van der Waals surface area (Å²) in [6, 6.07) is 8.84. The van der Waals surface area contributed by atoms with Crippen molar-refractivity contribution in [3.63, 3.8) is 0 Å². The molecular weight excluding hydrogens is 240 g/mol. The highest BCUT2D eigenvalue weighted by atomic mass is 16.2. The van der Waals surface area contributed by atoms with Crippen LogP contribution in [0.5, 0.6) is 0 Å². The zero-order chi connectivity index (χ0) is 14.6. The van der Waals surface area contributed by atoms with E-state index in [1.54, 1.807) is 31.2 Å². The van der Waals surface area contributed by atoms with Gasteiger partial charge < -0.3 is 0 Å². The van der Waals surface area contributed by atoms with Crippen LogP contribution in [0.2, 0.25) is 0 Å². The number of amides is 2. The third-order valence-corrected chi connectivity index (χ3v) is 2.50. The van der Waals surface area contributed by atoms with Crippen LogP contribution in [-0.2, 0) is 4.79 Å². The predicted octanol–water partition coefficient (Wildman–Crippen LogP) is 2.53. The van der Waals surface area contributed by atoms with Crippen molar-refractivity contribution in [1.82, 2.24) is 10.4 Å². The number of carbonyl (C=O) groups excluding carboxylic acids is 2. The zero-order valence-electron chi connectivity index (χ0n) is 11.9. The van der Waals surface area contributed by atoms with E-state index in [2.05, 4.69) is 12.0 Å². The van der Waals surface area contributed by atoms with Gasteiger partial charge in [-0.1, -0.05) is 24.8 Å². The second kappa shape index (κ2) is 5.69. The third-order valence-electron chi connectivity index (χ3n) is 2.50. The maximum absolute atomic E-state index is 12.4. The van der Waals surface area contributed by atoms with Gasteiger partial charge in [0.05, 0.1) is 5.54 Å². The lowest BCUT2D eigenvalue weighted by molar-refractivity contribution is -0.123. The first-order valence-electron chi connectivity index (χ1n) is 6.09. The maximum atomic E-state index is 12.4. The summed E-state index contributed by atoms with van der Waals surface area (Å²) in [6.07, 6.45) is 0. The molecule has 1 rings (SSSR count). The second-order valence-electron chi connectivity index (χ2n) is 5.40. The largest absolute Gasteiger partial charge is 0.272 e. The van der Waals surface area contributed by atoms with Crippen molar-refractivity contribution < 1.29 is 9.59 Å². The third kappa shape index (κ3) is 3.95. The van der Waals surface area contributed by atoms with Crippen molar-refractivity contribution >= 4 is 11.8 Å². The molecule has 2 amide bonds. The first kappa shape index (κ1) is 15.0. The van der Waals surface area contributed by atoms with Gasteiger partial charge in [0.1, 0.15) is 0 Å². The van der Waals surface area contributed by atoms with Gasteiger partial charge in [-0.25, -0.2) is 5.01 Å². The number of rotatable bonds is 2. The van der Waals surface area contributed by atoms with E-state index in [9.17, 15) is 9.59 Å². The van der Waals surface area contributed by atoms with Crippen LogP contribution in [-0.4, -0.2) is 22.4 Å². The van der Waals surface area contributed by atoms with Crippen molar-refractivity contribution in [3.8, 4) is 0 Å². The van der Waals surface area contributed by atoms with Crippen LogP contribution < -0.4 is 5.43 Å². The van der Waals surface area contributed by atoms with E-state index >= 15 is 0 Å². The molecule has 0 atom stereocenters. The van der Waals surface area contributed by atoms with Crippen molar-refractivity contribution in [2.45, 2.75) is 33.2 Å². The Bertz CT molecular complexity index is 487. The highest BCUT2D eigenvalue weighted by Gasteiger charge is 2.29. The average Bonchev–Trinajstić information content (AvgIpc) is 2.34. The van der Waals surface area contributed by atoms with Crippen LogP contribution in [0.4, 0.5) is 0 Å². The highest BCUT2D eigenvalue weighted by Crippen LogP contribution is 2.15. The zero-order valence-corrected chi connectivity index (χ0v) is 11.9. The summed E-state index contributed by atoms with van der Waals surface area (Å²) in [4.78, 5) is 24.2. The molecule has 0 aromatic heterocycles. The summed E-state index contributed by atoms with van der Waals surface area (Å²) in [5, 5.41) is 1.33. The van der Waals surface area contributed by atoms with Gasteiger partial charge in [-0.3, -0.25) is 15.0 Å². The van der Waals surface area contributed by atoms with Gasteiger partial charge in [-0.05, 0) is 39.8 Å². The number of hydrogen-bond acceptors (Lipinski definition) is 2. The standard InChI is InChI=1S/C15H20N2O2/c1-11(2)13(18)16-17(15(3,4)5)14(19)12-9-7-6-8-10-12/h6-10H,1H2,2-5H3,(H,16,18). The van der Waals surface area contributed by atoms with E-state index in [-0.39, 0.29) is 11.8 Å². The quantitative estimate of drug-likeness (QED) is 0.656. The van der Waals surface area contributed by atoms with Crippen LogP contribution >= 0.6 is 0 Å². The Morgan fingerprint density at radius 3 is 2.11 bits per heavy atom. The Hall–Kier alpha value is -2.10. The van der Waals surface area contributed by atoms with Crippen molar-refractivity contribution in [3.05, 3.63) is 48.0 Å². The Morgan fingerprint density at radius 2 is 1.68 bits per heavy atom. The van der Waals surface area contributed by atoms with E-state index in [0.717, 1.165) is 0 Å². The van der Waals surface area contributed by atoms with Gasteiger partial charge in [-0.2, -0.15) is 0 Å². The molecule has 0 heterocycles. The Labute approximate surface area is 114 Å². The van der Waals surface area contributed by atoms with Crippen LogP contribution in [0.25, 0.3) is 0 Å². The summed E-state index contributed by atoms with van der Waals surface area (Å²) >= 11 is 0. The molecule has 0 bridgehead atoms. The normalized spacial score (nSPS) is 10.7. The molecule has 0 saturated heterocycles. The minimum atomic E-state index is -0.530. The molecule has 1 aromatic carbocycles. The molecule has 19 heavy (non-hydrogen) atoms. The monoisotopic (exact) mass is 260 g/mol. The van der Waals surface area contributed by atoms with Gasteiger partial charge in [0, 0.05) is 11.1 Å². The highest BCUT2D eigenvalue weighted by molar-refractivity contribution is 5.98. The van der Waals surface area contributed by atoms with Crippen LogP contribution in [0, 0.1) is 0 Å². The number of hydrogen-bond donors (Lipinski definition) is 1. The summed E-state index contributed by atoms with van der Waals surface area (Å²) < 4.78 is 0. The van der Waals surface area contributed by atoms with Crippen LogP contribution in [0.15, 0.2) is 42.5 Å². The van der Waals surface area contributed by atoms with Gasteiger partial charge in [0.15, 0.2) is 0 Å². The fourth-order valence-corrected chi connectivity index (χ4v) is 1.43. The molecule has 0 spiro atoms. The molecule has 0 unspecified atom stereocenters. The van der Waals surface area contributed by atoms with E-state index in [1.807, 2.05) is 26.8 Å². The fraction of sp³-hybridized carbons (Fsp3) is 0.333. The minimum Gasteiger partial charge on any atom is -0.268 e. The van der Waals surface area contributed by atoms with Gasteiger partial charge in [0.25, 0.3) is 11.8 Å². The van der Waals surface area contributed by atoms with Crippen molar-refractivity contribution in [1.29, 1.82) is 0 Å². The number of nitrogens with one attached hydrogen (secondary N) is 1. The van der Waals surface area contributed by atoms with Gasteiger partial charge in [0.2, 0.25) is 0 Å². The average molecular weight is 260 g/mol. The Balaban J connectivity index is 3.02. The maximum Gasteiger partial charge on any atom is 0.272 e. The fourth-order valence-electron chi connectivity index (χ4n) is 1.43. The second-order valence-corrected chi connectivity index (χ2v) is 5.40. The van der Waals surface area contributed by atoms with Crippen LogP contribution in [0.3, 0.4) is 0 Å². The molecule has 0 aliphatic heterocycles. The van der Waals surface area contributed by atoms with Gasteiger partial charge >= 0.3 is 0 Å². The molecule has 102 valence electrons. The van der Waals surface area contributed by atoms with E-state index in [1.165, 1.54) is 5.01 Å². The Morgan fingerprint density at radius 1 is 1.16 bits per heavy atom. The van der Waals surface area contributed by atoms with E-state index in [0.29, 0.717) is 11.1 Å². The lowest BCUT2D eigenvalue weighted by atomic mass is 10.1. The lowest BCUT2D eigenvalue weighted by Crippen LogP contribution is -2.56. The molecule has 0 saturated carbocycles. The molecular formula is C15H20N2O2. The molecule has 4 nitrogen and oxygen atoms in total. The van der Waals surface area contributed by atoms with Crippen molar-refractivity contribution in [2.75, 3.05) is 0 Å². The molecule has 0 aliphatic rings. The molecule has 0 aliphatic carbocycles. The molecule has 0 radical (unpaired) electrons. The summed E-state index contributed by atoms with van der Waals surface area (Å²) in [6.45, 7) is 10.7. The molecule has 1 N–H and O–H groups in total.